The summed E-state index contributed by atoms with van der Waals surface area (Å²) in [5.74, 6) is 0. The molecule has 1 aromatic heterocycles. The highest BCUT2D eigenvalue weighted by molar-refractivity contribution is 5.43. The first kappa shape index (κ1) is 13.4. The van der Waals surface area contributed by atoms with Gasteiger partial charge in [-0.25, -0.2) is 0 Å². The SMILES string of the molecule is Cc1cc(C)c(CNc2ccc(=O)n(C)c2)cc1C. The Morgan fingerprint density at radius 3 is 2.42 bits per heavy atom. The Labute approximate surface area is 113 Å². The lowest BCUT2D eigenvalue weighted by atomic mass is 10.0. The molecule has 0 unspecified atom stereocenters. The van der Waals surface area contributed by atoms with Gasteiger partial charge in [-0.15, -0.1) is 0 Å². The molecule has 0 spiro atoms. The van der Waals surface area contributed by atoms with Crippen LogP contribution in [0.2, 0.25) is 0 Å². The molecular weight excluding hydrogens is 236 g/mol. The van der Waals surface area contributed by atoms with Gasteiger partial charge in [-0.3, -0.25) is 4.79 Å². The maximum Gasteiger partial charge on any atom is 0.250 e. The number of hydrogen-bond acceptors (Lipinski definition) is 2. The fourth-order valence-corrected chi connectivity index (χ4v) is 2.11. The number of nitrogens with one attached hydrogen (secondary N) is 1. The molecule has 0 radical (unpaired) electrons. The lowest BCUT2D eigenvalue weighted by Gasteiger charge is -2.12. The molecule has 0 bridgehead atoms. The van der Waals surface area contributed by atoms with E-state index in [9.17, 15) is 4.79 Å². The van der Waals surface area contributed by atoms with Crippen LogP contribution in [0.25, 0.3) is 0 Å². The van der Waals surface area contributed by atoms with Crippen molar-refractivity contribution in [1.82, 2.24) is 4.57 Å². The number of pyridine rings is 1. The molecular formula is C16H20N2O. The molecule has 19 heavy (non-hydrogen) atoms. The van der Waals surface area contributed by atoms with E-state index in [1.807, 2.05) is 12.3 Å². The van der Waals surface area contributed by atoms with Gasteiger partial charge in [-0.05, 0) is 49.1 Å². The lowest BCUT2D eigenvalue weighted by molar-refractivity contribution is 0.859. The van der Waals surface area contributed by atoms with Gasteiger partial charge < -0.3 is 9.88 Å². The van der Waals surface area contributed by atoms with Crippen LogP contribution in [-0.4, -0.2) is 4.57 Å². The first-order valence-electron chi connectivity index (χ1n) is 6.44. The summed E-state index contributed by atoms with van der Waals surface area (Å²) in [6, 6.07) is 7.83. The van der Waals surface area contributed by atoms with Crippen LogP contribution < -0.4 is 10.9 Å². The van der Waals surface area contributed by atoms with Crippen molar-refractivity contribution >= 4 is 5.69 Å². The average Bonchev–Trinajstić information content (AvgIpc) is 2.36. The molecule has 1 aromatic carbocycles. The topological polar surface area (TPSA) is 34.0 Å². The summed E-state index contributed by atoms with van der Waals surface area (Å²) in [5.41, 5.74) is 6.18. The van der Waals surface area contributed by atoms with Crippen LogP contribution in [0.4, 0.5) is 5.69 Å². The van der Waals surface area contributed by atoms with Crippen molar-refractivity contribution in [3.05, 3.63) is 63.1 Å². The summed E-state index contributed by atoms with van der Waals surface area (Å²) in [7, 11) is 1.76. The average molecular weight is 256 g/mol. The monoisotopic (exact) mass is 256 g/mol. The van der Waals surface area contributed by atoms with Gasteiger partial charge in [-0.2, -0.15) is 0 Å². The second-order valence-electron chi connectivity index (χ2n) is 5.08. The van der Waals surface area contributed by atoms with E-state index in [2.05, 4.69) is 38.2 Å². The minimum atomic E-state index is 0.00732. The molecule has 0 amide bonds. The highest BCUT2D eigenvalue weighted by Crippen LogP contribution is 2.16. The van der Waals surface area contributed by atoms with Gasteiger partial charge in [0.2, 0.25) is 5.56 Å². The molecule has 0 saturated heterocycles. The predicted molar refractivity (Wildman–Crippen MR) is 79.7 cm³/mol. The molecule has 0 aliphatic heterocycles. The number of anilines is 1. The Hall–Kier alpha value is -2.03. The van der Waals surface area contributed by atoms with Crippen molar-refractivity contribution in [3.8, 4) is 0 Å². The third-order valence-corrected chi connectivity index (χ3v) is 3.52. The molecule has 0 saturated carbocycles. The van der Waals surface area contributed by atoms with E-state index in [-0.39, 0.29) is 5.56 Å². The van der Waals surface area contributed by atoms with E-state index < -0.39 is 0 Å². The zero-order valence-electron chi connectivity index (χ0n) is 11.9. The number of aryl methyl sites for hydroxylation is 4. The first-order chi connectivity index (χ1) is 8.97. The zero-order chi connectivity index (χ0) is 14.0. The maximum atomic E-state index is 11.3. The summed E-state index contributed by atoms with van der Waals surface area (Å²) in [5, 5.41) is 3.36. The molecule has 3 heteroatoms. The van der Waals surface area contributed by atoms with Gasteiger partial charge in [-0.1, -0.05) is 12.1 Å². The van der Waals surface area contributed by atoms with E-state index in [1.165, 1.54) is 22.3 Å². The quantitative estimate of drug-likeness (QED) is 0.916. The third-order valence-electron chi connectivity index (χ3n) is 3.52. The Balaban J connectivity index is 2.16. The lowest BCUT2D eigenvalue weighted by Crippen LogP contribution is -2.15. The van der Waals surface area contributed by atoms with E-state index in [0.29, 0.717) is 0 Å². The fraction of sp³-hybridized carbons (Fsp3) is 0.312. The molecule has 3 nitrogen and oxygen atoms in total. The Morgan fingerprint density at radius 1 is 1.05 bits per heavy atom. The normalized spacial score (nSPS) is 10.5. The highest BCUT2D eigenvalue weighted by Gasteiger charge is 2.02. The zero-order valence-corrected chi connectivity index (χ0v) is 11.9. The largest absolute Gasteiger partial charge is 0.380 e. The van der Waals surface area contributed by atoms with Crippen molar-refractivity contribution in [3.63, 3.8) is 0 Å². The smallest absolute Gasteiger partial charge is 0.250 e. The predicted octanol–water partition coefficient (Wildman–Crippen LogP) is 2.92. The molecule has 1 heterocycles. The Bertz CT molecular complexity index is 656. The van der Waals surface area contributed by atoms with Crippen molar-refractivity contribution in [2.75, 3.05) is 5.32 Å². The van der Waals surface area contributed by atoms with Crippen LogP contribution in [0.5, 0.6) is 0 Å². The fourth-order valence-electron chi connectivity index (χ4n) is 2.11. The van der Waals surface area contributed by atoms with Crippen LogP contribution in [0.1, 0.15) is 22.3 Å². The maximum absolute atomic E-state index is 11.3. The van der Waals surface area contributed by atoms with Gasteiger partial charge in [0, 0.05) is 25.9 Å². The number of hydrogen-bond donors (Lipinski definition) is 1. The third kappa shape index (κ3) is 3.05. The number of benzene rings is 1. The first-order valence-corrected chi connectivity index (χ1v) is 6.44. The van der Waals surface area contributed by atoms with Gasteiger partial charge in [0.1, 0.15) is 0 Å². The van der Waals surface area contributed by atoms with Crippen LogP contribution in [-0.2, 0) is 13.6 Å². The van der Waals surface area contributed by atoms with E-state index in [4.69, 9.17) is 0 Å². The van der Waals surface area contributed by atoms with Crippen LogP contribution in [0.15, 0.2) is 35.3 Å². The summed E-state index contributed by atoms with van der Waals surface area (Å²) >= 11 is 0. The molecule has 2 aromatic rings. The number of nitrogens with zero attached hydrogens (tertiary/aromatic N) is 1. The summed E-state index contributed by atoms with van der Waals surface area (Å²) in [6.07, 6.45) is 1.82. The second-order valence-corrected chi connectivity index (χ2v) is 5.08. The van der Waals surface area contributed by atoms with Gasteiger partial charge in [0.25, 0.3) is 0 Å². The number of rotatable bonds is 3. The molecule has 1 N–H and O–H groups in total. The minimum absolute atomic E-state index is 0.00732. The van der Waals surface area contributed by atoms with E-state index in [0.717, 1.165) is 12.2 Å². The highest BCUT2D eigenvalue weighted by atomic mass is 16.1. The van der Waals surface area contributed by atoms with Crippen LogP contribution >= 0.6 is 0 Å². The summed E-state index contributed by atoms with van der Waals surface area (Å²) in [6.45, 7) is 7.16. The van der Waals surface area contributed by atoms with Crippen LogP contribution in [0.3, 0.4) is 0 Å². The van der Waals surface area contributed by atoms with Crippen LogP contribution in [0, 0.1) is 20.8 Å². The minimum Gasteiger partial charge on any atom is -0.380 e. The molecule has 0 fully saturated rings. The number of aromatic nitrogens is 1. The van der Waals surface area contributed by atoms with Gasteiger partial charge in [0.05, 0.1) is 5.69 Å². The molecule has 2 rings (SSSR count). The molecule has 100 valence electrons. The van der Waals surface area contributed by atoms with Gasteiger partial charge in [0.15, 0.2) is 0 Å². The van der Waals surface area contributed by atoms with E-state index in [1.54, 1.807) is 17.7 Å². The standard InChI is InChI=1S/C16H20N2O/c1-11-7-13(3)14(8-12(11)2)9-17-15-5-6-16(19)18(4)10-15/h5-8,10,17H,9H2,1-4H3. The molecule has 0 aliphatic rings. The van der Waals surface area contributed by atoms with Crippen molar-refractivity contribution < 1.29 is 0 Å². The summed E-state index contributed by atoms with van der Waals surface area (Å²) in [4.78, 5) is 11.3. The second kappa shape index (κ2) is 5.31. The van der Waals surface area contributed by atoms with Gasteiger partial charge >= 0.3 is 0 Å². The Kier molecular flexibility index (Phi) is 3.74. The molecule has 0 atom stereocenters. The van der Waals surface area contributed by atoms with Crippen molar-refractivity contribution in [2.45, 2.75) is 27.3 Å². The molecule has 0 aliphatic carbocycles. The summed E-state index contributed by atoms with van der Waals surface area (Å²) < 4.78 is 1.58. The van der Waals surface area contributed by atoms with E-state index >= 15 is 0 Å². The van der Waals surface area contributed by atoms with Crippen molar-refractivity contribution in [2.24, 2.45) is 7.05 Å². The van der Waals surface area contributed by atoms with Crippen molar-refractivity contribution in [1.29, 1.82) is 0 Å². The Morgan fingerprint density at radius 2 is 1.74 bits per heavy atom.